The molecule has 0 spiro atoms. The molecular weight excluding hydrogens is 482 g/mol. The van der Waals surface area contributed by atoms with Gasteiger partial charge < -0.3 is 19.9 Å². The number of carbonyl (C=O) groups is 2. The minimum absolute atomic E-state index is 0.0391. The number of benzene rings is 3. The molecule has 1 aromatic heterocycles. The Morgan fingerprint density at radius 2 is 1.70 bits per heavy atom. The van der Waals surface area contributed by atoms with Crippen LogP contribution in [0.3, 0.4) is 0 Å². The molecule has 3 aromatic carbocycles. The van der Waals surface area contributed by atoms with Gasteiger partial charge in [-0.3, -0.25) is 9.59 Å². The van der Waals surface area contributed by atoms with E-state index in [9.17, 15) is 9.59 Å². The first kappa shape index (κ1) is 24.6. The molecule has 1 aliphatic heterocycles. The molecule has 6 nitrogen and oxygen atoms in total. The standard InChI is InChI=1S/C30H29N3O3S/c1-21-6-3-4-7-26(21)28(34)31-24-12-10-23(11-13-24)29(35)33-18-5-17-32(30-27(33)16-19-37-30)20-22-8-14-25(36-2)15-9-22/h3-4,6-16,19H,5,17-18,20H2,1-2H3,(H,31,34). The van der Waals surface area contributed by atoms with Crippen molar-refractivity contribution in [1.82, 2.24) is 0 Å². The van der Waals surface area contributed by atoms with Gasteiger partial charge in [0.2, 0.25) is 0 Å². The molecule has 2 amide bonds. The van der Waals surface area contributed by atoms with E-state index in [0.29, 0.717) is 23.4 Å². The van der Waals surface area contributed by atoms with Crippen molar-refractivity contribution < 1.29 is 14.3 Å². The number of nitrogens with one attached hydrogen (secondary N) is 1. The fraction of sp³-hybridized carbons (Fsp3) is 0.200. The first-order valence-electron chi connectivity index (χ1n) is 12.3. The zero-order chi connectivity index (χ0) is 25.8. The van der Waals surface area contributed by atoms with Crippen LogP contribution in [0.4, 0.5) is 16.4 Å². The first-order chi connectivity index (χ1) is 18.0. The highest BCUT2D eigenvalue weighted by Crippen LogP contribution is 2.39. The summed E-state index contributed by atoms with van der Waals surface area (Å²) in [5, 5.41) is 6.07. The van der Waals surface area contributed by atoms with Gasteiger partial charge in [0.25, 0.3) is 11.8 Å². The monoisotopic (exact) mass is 511 g/mol. The topological polar surface area (TPSA) is 61.9 Å². The maximum atomic E-state index is 13.6. The van der Waals surface area contributed by atoms with Gasteiger partial charge in [0.05, 0.1) is 12.8 Å². The van der Waals surface area contributed by atoms with Crippen LogP contribution in [0.15, 0.2) is 84.2 Å². The van der Waals surface area contributed by atoms with Gasteiger partial charge in [0.1, 0.15) is 10.8 Å². The van der Waals surface area contributed by atoms with E-state index in [1.165, 1.54) is 5.56 Å². The molecule has 0 fully saturated rings. The Hall–Kier alpha value is -4.10. The minimum atomic E-state index is -0.162. The molecule has 0 aliphatic carbocycles. The molecule has 4 aromatic rings. The van der Waals surface area contributed by atoms with Crippen molar-refractivity contribution >= 4 is 39.5 Å². The highest BCUT2D eigenvalue weighted by Gasteiger charge is 2.27. The molecule has 1 N–H and O–H groups in total. The van der Waals surface area contributed by atoms with Gasteiger partial charge in [0, 0.05) is 36.4 Å². The molecule has 0 saturated carbocycles. The van der Waals surface area contributed by atoms with Crippen molar-refractivity contribution in [2.45, 2.75) is 19.9 Å². The molecule has 1 aliphatic rings. The number of amides is 2. The van der Waals surface area contributed by atoms with E-state index >= 15 is 0 Å². The first-order valence-corrected chi connectivity index (χ1v) is 13.2. The molecule has 0 radical (unpaired) electrons. The number of aryl methyl sites for hydroxylation is 1. The number of methoxy groups -OCH3 is 1. The maximum Gasteiger partial charge on any atom is 0.258 e. The van der Waals surface area contributed by atoms with E-state index in [1.807, 2.05) is 53.6 Å². The van der Waals surface area contributed by atoms with Gasteiger partial charge >= 0.3 is 0 Å². The van der Waals surface area contributed by atoms with Crippen molar-refractivity contribution in [3.8, 4) is 5.75 Å². The Bertz CT molecular complexity index is 1400. The van der Waals surface area contributed by atoms with Crippen LogP contribution in [0.25, 0.3) is 0 Å². The highest BCUT2D eigenvalue weighted by molar-refractivity contribution is 7.15. The molecule has 0 bridgehead atoms. The molecular formula is C30H29N3O3S. The van der Waals surface area contributed by atoms with E-state index in [0.717, 1.165) is 41.5 Å². The Balaban J connectivity index is 1.30. The predicted molar refractivity (Wildman–Crippen MR) is 150 cm³/mol. The SMILES string of the molecule is COc1ccc(CN2CCCN(C(=O)c3ccc(NC(=O)c4ccccc4C)cc3)c3ccsc32)cc1. The average molecular weight is 512 g/mol. The molecule has 0 unspecified atom stereocenters. The van der Waals surface area contributed by atoms with Crippen LogP contribution < -0.4 is 19.9 Å². The van der Waals surface area contributed by atoms with E-state index in [1.54, 1.807) is 48.8 Å². The van der Waals surface area contributed by atoms with E-state index in [2.05, 4.69) is 22.3 Å². The van der Waals surface area contributed by atoms with E-state index in [4.69, 9.17) is 4.74 Å². The molecule has 37 heavy (non-hydrogen) atoms. The minimum Gasteiger partial charge on any atom is -0.497 e. The van der Waals surface area contributed by atoms with Gasteiger partial charge in [-0.25, -0.2) is 0 Å². The second-order valence-electron chi connectivity index (χ2n) is 9.04. The van der Waals surface area contributed by atoms with Crippen LogP contribution in [-0.4, -0.2) is 32.0 Å². The second kappa shape index (κ2) is 10.9. The fourth-order valence-electron chi connectivity index (χ4n) is 4.57. The zero-order valence-electron chi connectivity index (χ0n) is 20.9. The van der Waals surface area contributed by atoms with Crippen molar-refractivity contribution in [2.75, 3.05) is 35.3 Å². The maximum absolute atomic E-state index is 13.6. The smallest absolute Gasteiger partial charge is 0.258 e. The number of rotatable bonds is 6. The molecule has 2 heterocycles. The number of carbonyl (C=O) groups excluding carboxylic acids is 2. The van der Waals surface area contributed by atoms with Crippen LogP contribution in [0.5, 0.6) is 5.75 Å². The lowest BCUT2D eigenvalue weighted by Crippen LogP contribution is -2.31. The van der Waals surface area contributed by atoms with E-state index < -0.39 is 0 Å². The number of fused-ring (bicyclic) bond motifs is 1. The number of nitrogens with zero attached hydrogens (tertiary/aromatic N) is 2. The van der Waals surface area contributed by atoms with Gasteiger partial charge in [-0.15, -0.1) is 11.3 Å². The number of anilines is 3. The lowest BCUT2D eigenvalue weighted by molar-refractivity contribution is 0.0986. The molecule has 188 valence electrons. The number of hydrogen-bond donors (Lipinski definition) is 1. The van der Waals surface area contributed by atoms with Crippen molar-refractivity contribution in [2.24, 2.45) is 0 Å². The number of hydrogen-bond acceptors (Lipinski definition) is 5. The Kier molecular flexibility index (Phi) is 7.23. The summed E-state index contributed by atoms with van der Waals surface area (Å²) in [6.45, 7) is 4.20. The van der Waals surface area contributed by atoms with Gasteiger partial charge in [-0.05, 0) is 78.4 Å². The van der Waals surface area contributed by atoms with Crippen molar-refractivity contribution in [1.29, 1.82) is 0 Å². The van der Waals surface area contributed by atoms with Crippen molar-refractivity contribution in [3.05, 3.63) is 106 Å². The van der Waals surface area contributed by atoms with Crippen LogP contribution in [-0.2, 0) is 6.54 Å². The third-order valence-electron chi connectivity index (χ3n) is 6.57. The third kappa shape index (κ3) is 5.37. The largest absolute Gasteiger partial charge is 0.497 e. The summed E-state index contributed by atoms with van der Waals surface area (Å²) in [5.41, 5.74) is 4.94. The quantitative estimate of drug-likeness (QED) is 0.327. The fourth-order valence-corrected chi connectivity index (χ4v) is 5.50. The van der Waals surface area contributed by atoms with Crippen LogP contribution in [0, 0.1) is 6.92 Å². The molecule has 0 atom stereocenters. The predicted octanol–water partition coefficient (Wildman–Crippen LogP) is 6.37. The van der Waals surface area contributed by atoms with Crippen molar-refractivity contribution in [3.63, 3.8) is 0 Å². The lowest BCUT2D eigenvalue weighted by atomic mass is 10.1. The average Bonchev–Trinajstić information content (AvgIpc) is 3.34. The summed E-state index contributed by atoms with van der Waals surface area (Å²) in [6.07, 6.45) is 0.869. The Labute approximate surface area is 221 Å². The molecule has 7 heteroatoms. The summed E-state index contributed by atoms with van der Waals surface area (Å²) >= 11 is 1.66. The van der Waals surface area contributed by atoms with E-state index in [-0.39, 0.29) is 11.8 Å². The second-order valence-corrected chi connectivity index (χ2v) is 9.93. The van der Waals surface area contributed by atoms with Crippen LogP contribution in [0.2, 0.25) is 0 Å². The van der Waals surface area contributed by atoms with Gasteiger partial charge in [-0.2, -0.15) is 0 Å². The van der Waals surface area contributed by atoms with Crippen LogP contribution >= 0.6 is 11.3 Å². The number of thiophene rings is 1. The summed E-state index contributed by atoms with van der Waals surface area (Å²) < 4.78 is 5.28. The lowest BCUT2D eigenvalue weighted by Gasteiger charge is -2.24. The number of ether oxygens (including phenoxy) is 1. The summed E-state index contributed by atoms with van der Waals surface area (Å²) in [6, 6.07) is 24.7. The summed E-state index contributed by atoms with van der Waals surface area (Å²) in [5.74, 6) is 0.640. The molecule has 0 saturated heterocycles. The highest BCUT2D eigenvalue weighted by atomic mass is 32.1. The zero-order valence-corrected chi connectivity index (χ0v) is 21.8. The third-order valence-corrected chi connectivity index (χ3v) is 7.53. The van der Waals surface area contributed by atoms with Gasteiger partial charge in [0.15, 0.2) is 0 Å². The van der Waals surface area contributed by atoms with Crippen LogP contribution in [0.1, 0.15) is 38.3 Å². The normalized spacial score (nSPS) is 13.0. The van der Waals surface area contributed by atoms with Gasteiger partial charge in [-0.1, -0.05) is 30.3 Å². The Morgan fingerprint density at radius 1 is 0.946 bits per heavy atom. The molecule has 5 rings (SSSR count). The Morgan fingerprint density at radius 3 is 2.43 bits per heavy atom. The summed E-state index contributed by atoms with van der Waals surface area (Å²) in [4.78, 5) is 30.4. The summed E-state index contributed by atoms with van der Waals surface area (Å²) in [7, 11) is 1.67.